The maximum Gasteiger partial charge on any atom is 0.0281 e. The van der Waals surface area contributed by atoms with Gasteiger partial charge in [0, 0.05) is 13.3 Å². The fourth-order valence-electron chi connectivity index (χ4n) is 0.807. The van der Waals surface area contributed by atoms with Crippen LogP contribution in [-0.2, 0) is 0 Å². The molecule has 0 radical (unpaired) electrons. The van der Waals surface area contributed by atoms with Gasteiger partial charge in [-0.3, -0.25) is 4.99 Å². The van der Waals surface area contributed by atoms with E-state index in [2.05, 4.69) is 18.2 Å². The minimum Gasteiger partial charge on any atom is -0.296 e. The lowest BCUT2D eigenvalue weighted by Crippen LogP contribution is -1.85. The van der Waals surface area contributed by atoms with Crippen molar-refractivity contribution in [3.05, 3.63) is 48.6 Å². The average molecular weight is 161 g/mol. The summed E-state index contributed by atoms with van der Waals surface area (Å²) in [5.41, 5.74) is 1.94. The first kappa shape index (κ1) is 10.6. The zero-order valence-corrected chi connectivity index (χ0v) is 7.75. The summed E-state index contributed by atoms with van der Waals surface area (Å²) >= 11 is 0. The molecule has 0 N–H and O–H groups in total. The summed E-state index contributed by atoms with van der Waals surface area (Å²) in [5.74, 6) is 0. The first-order valence-electron chi connectivity index (χ1n) is 3.83. The van der Waals surface area contributed by atoms with Crippen LogP contribution in [0.25, 0.3) is 0 Å². The van der Waals surface area contributed by atoms with Gasteiger partial charge in [0.2, 0.25) is 0 Å². The molecular formula is C11H15N. The normalized spacial score (nSPS) is 12.7. The molecule has 12 heavy (non-hydrogen) atoms. The maximum atomic E-state index is 3.89. The summed E-state index contributed by atoms with van der Waals surface area (Å²) in [6, 6.07) is 0. The van der Waals surface area contributed by atoms with Gasteiger partial charge in [0.05, 0.1) is 0 Å². The summed E-state index contributed by atoms with van der Waals surface area (Å²) < 4.78 is 0. The molecule has 0 aliphatic rings. The minimum absolute atomic E-state index is 0.899. The fourth-order valence-corrected chi connectivity index (χ4v) is 0.807. The molecule has 0 amide bonds. The molecule has 0 saturated heterocycles. The van der Waals surface area contributed by atoms with E-state index in [0.29, 0.717) is 0 Å². The Morgan fingerprint density at radius 3 is 2.50 bits per heavy atom. The number of aliphatic imine (C=N–C) groups is 1. The van der Waals surface area contributed by atoms with Gasteiger partial charge >= 0.3 is 0 Å². The van der Waals surface area contributed by atoms with Crippen molar-refractivity contribution in [2.24, 2.45) is 4.99 Å². The van der Waals surface area contributed by atoms with Gasteiger partial charge < -0.3 is 0 Å². The third-order valence-electron chi connectivity index (χ3n) is 1.30. The molecule has 64 valence electrons. The summed E-state index contributed by atoms with van der Waals surface area (Å²) in [7, 11) is 1.73. The lowest BCUT2D eigenvalue weighted by Gasteiger charge is -1.98. The lowest BCUT2D eigenvalue weighted by atomic mass is 10.1. The van der Waals surface area contributed by atoms with E-state index in [9.17, 15) is 0 Å². The highest BCUT2D eigenvalue weighted by molar-refractivity contribution is 5.85. The monoisotopic (exact) mass is 161 g/mol. The number of hydrogen-bond donors (Lipinski definition) is 0. The van der Waals surface area contributed by atoms with Crippen LogP contribution in [0.4, 0.5) is 0 Å². The number of nitrogens with zero attached hydrogens (tertiary/aromatic N) is 1. The van der Waals surface area contributed by atoms with Crippen molar-refractivity contribution in [1.29, 1.82) is 0 Å². The first-order chi connectivity index (χ1) is 5.76. The number of allylic oxidation sites excluding steroid dienone is 6. The van der Waals surface area contributed by atoms with E-state index in [-0.39, 0.29) is 0 Å². The van der Waals surface area contributed by atoms with E-state index in [1.54, 1.807) is 19.3 Å². The third kappa shape index (κ3) is 3.71. The van der Waals surface area contributed by atoms with Gasteiger partial charge in [-0.25, -0.2) is 0 Å². The van der Waals surface area contributed by atoms with Crippen LogP contribution in [0.2, 0.25) is 0 Å². The minimum atomic E-state index is 0.899. The van der Waals surface area contributed by atoms with Gasteiger partial charge in [-0.1, -0.05) is 37.5 Å². The molecule has 0 spiro atoms. The molecule has 0 unspecified atom stereocenters. The summed E-state index contributed by atoms with van der Waals surface area (Å²) in [5, 5.41) is 0. The molecule has 0 bridgehead atoms. The topological polar surface area (TPSA) is 12.4 Å². The van der Waals surface area contributed by atoms with Crippen molar-refractivity contribution in [2.45, 2.75) is 6.92 Å². The van der Waals surface area contributed by atoms with Crippen LogP contribution in [0.15, 0.2) is 53.6 Å². The molecule has 0 aliphatic heterocycles. The smallest absolute Gasteiger partial charge is 0.0281 e. The number of rotatable bonds is 4. The van der Waals surface area contributed by atoms with Gasteiger partial charge in [0.15, 0.2) is 0 Å². The SMILES string of the molecule is C=C/C=C(\C=C/C)C(=C)/C=N\C. The summed E-state index contributed by atoms with van der Waals surface area (Å²) in [6.07, 6.45) is 9.32. The van der Waals surface area contributed by atoms with Gasteiger partial charge in [0.25, 0.3) is 0 Å². The molecule has 0 aliphatic carbocycles. The predicted molar refractivity (Wildman–Crippen MR) is 56.7 cm³/mol. The average Bonchev–Trinajstić information content (AvgIpc) is 2.04. The van der Waals surface area contributed by atoms with Crippen molar-refractivity contribution in [3.8, 4) is 0 Å². The van der Waals surface area contributed by atoms with Crippen molar-refractivity contribution < 1.29 is 0 Å². The zero-order chi connectivity index (χ0) is 9.40. The van der Waals surface area contributed by atoms with Crippen LogP contribution in [0.5, 0.6) is 0 Å². The molecule has 1 nitrogen and oxygen atoms in total. The van der Waals surface area contributed by atoms with Gasteiger partial charge in [-0.2, -0.15) is 0 Å². The molecule has 0 aromatic carbocycles. The molecule has 0 saturated carbocycles. The molecule has 0 aromatic heterocycles. The van der Waals surface area contributed by atoms with E-state index in [1.807, 2.05) is 25.2 Å². The maximum absolute atomic E-state index is 3.89. The van der Waals surface area contributed by atoms with Gasteiger partial charge in [0.1, 0.15) is 0 Å². The van der Waals surface area contributed by atoms with Crippen molar-refractivity contribution >= 4 is 6.21 Å². The first-order valence-corrected chi connectivity index (χ1v) is 3.83. The third-order valence-corrected chi connectivity index (χ3v) is 1.30. The highest BCUT2D eigenvalue weighted by Crippen LogP contribution is 2.07. The molecule has 0 fully saturated rings. The van der Waals surface area contributed by atoms with Crippen LogP contribution in [0.1, 0.15) is 6.92 Å². The molecule has 0 rings (SSSR count). The van der Waals surface area contributed by atoms with Gasteiger partial charge in [-0.05, 0) is 18.1 Å². The van der Waals surface area contributed by atoms with E-state index in [1.165, 1.54) is 0 Å². The largest absolute Gasteiger partial charge is 0.296 e. The molecule has 0 heterocycles. The van der Waals surface area contributed by atoms with Crippen molar-refractivity contribution in [1.82, 2.24) is 0 Å². The lowest BCUT2D eigenvalue weighted by molar-refractivity contribution is 1.45. The van der Waals surface area contributed by atoms with Crippen LogP contribution in [0, 0.1) is 0 Å². The van der Waals surface area contributed by atoms with Crippen LogP contribution >= 0.6 is 0 Å². The second kappa shape index (κ2) is 6.35. The van der Waals surface area contributed by atoms with E-state index in [4.69, 9.17) is 0 Å². The standard InChI is InChI=1S/C11H15N/c1-5-7-11(8-6-2)10(3)9-12-4/h5-9H,1,3H2,2,4H3/b8-6-,11-7+,12-9-. The zero-order valence-electron chi connectivity index (χ0n) is 7.75. The summed E-state index contributed by atoms with van der Waals surface area (Å²) in [6.45, 7) is 9.46. The Labute approximate surface area is 74.5 Å². The molecule has 0 atom stereocenters. The van der Waals surface area contributed by atoms with Crippen LogP contribution in [-0.4, -0.2) is 13.3 Å². The fraction of sp³-hybridized carbons (Fsp3) is 0.182. The number of hydrogen-bond acceptors (Lipinski definition) is 1. The molecule has 1 heteroatoms. The quantitative estimate of drug-likeness (QED) is 0.444. The Morgan fingerprint density at radius 1 is 1.42 bits per heavy atom. The van der Waals surface area contributed by atoms with Crippen molar-refractivity contribution in [3.63, 3.8) is 0 Å². The van der Waals surface area contributed by atoms with E-state index < -0.39 is 0 Å². The summed E-state index contributed by atoms with van der Waals surface area (Å²) in [4.78, 5) is 3.89. The Balaban J connectivity index is 4.62. The second-order valence-corrected chi connectivity index (χ2v) is 2.27. The van der Waals surface area contributed by atoms with E-state index >= 15 is 0 Å². The molecular weight excluding hydrogens is 146 g/mol. The molecule has 0 aromatic rings. The van der Waals surface area contributed by atoms with Gasteiger partial charge in [-0.15, -0.1) is 0 Å². The highest BCUT2D eigenvalue weighted by Gasteiger charge is 1.92. The van der Waals surface area contributed by atoms with Crippen LogP contribution < -0.4 is 0 Å². The second-order valence-electron chi connectivity index (χ2n) is 2.27. The van der Waals surface area contributed by atoms with Crippen molar-refractivity contribution in [2.75, 3.05) is 7.05 Å². The Hall–Kier alpha value is -1.37. The van der Waals surface area contributed by atoms with Crippen LogP contribution in [0.3, 0.4) is 0 Å². The highest BCUT2D eigenvalue weighted by atomic mass is 14.6. The predicted octanol–water partition coefficient (Wildman–Crippen LogP) is 2.93. The Bertz CT molecular complexity index is 242. The Kier molecular flexibility index (Phi) is 5.62. The van der Waals surface area contributed by atoms with E-state index in [0.717, 1.165) is 11.1 Å². The Morgan fingerprint density at radius 2 is 2.08 bits per heavy atom.